The zero-order valence-corrected chi connectivity index (χ0v) is 20.7. The van der Waals surface area contributed by atoms with E-state index < -0.39 is 52.2 Å². The lowest BCUT2D eigenvalue weighted by molar-refractivity contribution is -0.150. The van der Waals surface area contributed by atoms with E-state index >= 15 is 0 Å². The zero-order chi connectivity index (χ0) is 26.2. The van der Waals surface area contributed by atoms with Gasteiger partial charge in [-0.1, -0.05) is 48.5 Å². The van der Waals surface area contributed by atoms with Gasteiger partial charge in [0.2, 0.25) is 11.8 Å². The maximum atomic E-state index is 14.7. The molecule has 0 atom stereocenters. The molecule has 3 aromatic carbocycles. The molecule has 0 unspecified atom stereocenters. The summed E-state index contributed by atoms with van der Waals surface area (Å²) in [6, 6.07) is 19.5. The third-order valence-corrected chi connectivity index (χ3v) is 8.42. The molecule has 0 aliphatic carbocycles. The minimum atomic E-state index is -4.07. The Bertz CT molecular complexity index is 1470. The van der Waals surface area contributed by atoms with Gasteiger partial charge in [0.05, 0.1) is 16.1 Å². The molecule has 1 fully saturated rings. The van der Waals surface area contributed by atoms with Crippen molar-refractivity contribution in [1.29, 1.82) is 0 Å². The van der Waals surface area contributed by atoms with E-state index in [2.05, 4.69) is 0 Å². The Balaban J connectivity index is 1.34. The molecule has 0 spiro atoms. The van der Waals surface area contributed by atoms with Crippen molar-refractivity contribution in [1.82, 2.24) is 9.80 Å². The molecule has 8 nitrogen and oxygen atoms in total. The molecule has 0 bridgehead atoms. The maximum Gasteiger partial charge on any atom is 0.264 e. The molecule has 2 heterocycles. The molecule has 37 heavy (non-hydrogen) atoms. The van der Waals surface area contributed by atoms with Crippen LogP contribution in [0.3, 0.4) is 0 Å². The van der Waals surface area contributed by atoms with Crippen LogP contribution in [0.2, 0.25) is 0 Å². The fourth-order valence-corrected chi connectivity index (χ4v) is 6.18. The fourth-order valence-electron chi connectivity index (χ4n) is 4.65. The molecular formula is C27H24FN3O5S. The van der Waals surface area contributed by atoms with Crippen molar-refractivity contribution in [3.05, 3.63) is 95.3 Å². The number of amides is 3. The highest BCUT2D eigenvalue weighted by molar-refractivity contribution is 7.92. The van der Waals surface area contributed by atoms with Gasteiger partial charge in [-0.05, 0) is 48.2 Å². The first kappa shape index (κ1) is 24.6. The molecular weight excluding hydrogens is 497 g/mol. The second-order valence-corrected chi connectivity index (χ2v) is 10.8. The highest BCUT2D eigenvalue weighted by atomic mass is 32.2. The van der Waals surface area contributed by atoms with Crippen molar-refractivity contribution >= 4 is 33.4 Å². The molecule has 1 saturated heterocycles. The lowest BCUT2D eigenvalue weighted by atomic mass is 10.1. The van der Waals surface area contributed by atoms with Crippen molar-refractivity contribution in [2.24, 2.45) is 0 Å². The Labute approximate surface area is 214 Å². The molecule has 0 saturated carbocycles. The molecule has 0 N–H and O–H groups in total. The van der Waals surface area contributed by atoms with Crippen molar-refractivity contribution in [3.8, 4) is 0 Å². The number of imide groups is 1. The van der Waals surface area contributed by atoms with E-state index in [1.165, 1.54) is 4.31 Å². The van der Waals surface area contributed by atoms with Gasteiger partial charge in [-0.3, -0.25) is 23.6 Å². The van der Waals surface area contributed by atoms with Crippen LogP contribution in [0.15, 0.2) is 77.7 Å². The lowest BCUT2D eigenvalue weighted by Gasteiger charge is -2.33. The summed E-state index contributed by atoms with van der Waals surface area (Å²) in [7, 11) is -4.07. The van der Waals surface area contributed by atoms with Gasteiger partial charge < -0.3 is 4.90 Å². The minimum Gasteiger partial charge on any atom is -0.320 e. The predicted octanol–water partition coefficient (Wildman–Crippen LogP) is 2.63. The van der Waals surface area contributed by atoms with E-state index in [1.807, 2.05) is 42.5 Å². The van der Waals surface area contributed by atoms with Crippen LogP contribution in [0.4, 0.5) is 10.1 Å². The monoisotopic (exact) mass is 521 g/mol. The van der Waals surface area contributed by atoms with Crippen molar-refractivity contribution < 1.29 is 27.2 Å². The normalized spacial score (nSPS) is 15.8. The lowest BCUT2D eigenvalue weighted by Crippen LogP contribution is -2.56. The number of halogens is 1. The summed E-state index contributed by atoms with van der Waals surface area (Å²) in [6.07, 6.45) is 1.02. The summed E-state index contributed by atoms with van der Waals surface area (Å²) in [5.74, 6) is -2.99. The Morgan fingerprint density at radius 3 is 2.30 bits per heavy atom. The number of fused-ring (bicyclic) bond motifs is 1. The summed E-state index contributed by atoms with van der Waals surface area (Å²) in [5, 5.41) is 0. The number of hydrogen-bond acceptors (Lipinski definition) is 5. The van der Waals surface area contributed by atoms with E-state index in [0.717, 1.165) is 39.1 Å². The number of nitrogens with zero attached hydrogens (tertiary/aromatic N) is 3. The predicted molar refractivity (Wildman–Crippen MR) is 134 cm³/mol. The number of carbonyl (C=O) groups excluding carboxylic acids is 3. The molecule has 2 aliphatic heterocycles. The van der Waals surface area contributed by atoms with Crippen LogP contribution in [0.25, 0.3) is 0 Å². The Morgan fingerprint density at radius 2 is 1.57 bits per heavy atom. The van der Waals surface area contributed by atoms with E-state index in [4.69, 9.17) is 0 Å². The van der Waals surface area contributed by atoms with Crippen molar-refractivity contribution in [3.63, 3.8) is 0 Å². The standard InChI is InChI=1S/C27H24FN3O5S/c28-23-11-10-21(37(35,36)31-15-13-20-8-4-5-9-24(20)31)16-22(23)27(34)29-17-25(32)30(26(33)18-29)14-12-19-6-2-1-3-7-19/h1-11,16H,12-15,17-18H2. The molecule has 0 radical (unpaired) electrons. The SMILES string of the molecule is O=C(c1cc(S(=O)(=O)N2CCc3ccccc32)ccc1F)N1CC(=O)N(CCc2ccccc2)C(=O)C1. The van der Waals surface area contributed by atoms with Crippen LogP contribution in [0, 0.1) is 5.82 Å². The number of sulfonamides is 1. The van der Waals surface area contributed by atoms with E-state index in [-0.39, 0.29) is 18.0 Å². The van der Waals surface area contributed by atoms with Gasteiger partial charge in [-0.25, -0.2) is 12.8 Å². The Kier molecular flexibility index (Phi) is 6.51. The molecule has 0 aromatic heterocycles. The number of para-hydroxylation sites is 1. The van der Waals surface area contributed by atoms with Crippen LogP contribution in [0.5, 0.6) is 0 Å². The molecule has 10 heteroatoms. The van der Waals surface area contributed by atoms with Gasteiger partial charge in [-0.2, -0.15) is 0 Å². The summed E-state index contributed by atoms with van der Waals surface area (Å²) in [5.41, 5.74) is 1.88. The summed E-state index contributed by atoms with van der Waals surface area (Å²) < 4.78 is 42.7. The topological polar surface area (TPSA) is 95.1 Å². The Morgan fingerprint density at radius 1 is 0.892 bits per heavy atom. The minimum absolute atomic E-state index is 0.170. The summed E-state index contributed by atoms with van der Waals surface area (Å²) in [6.45, 7) is -0.413. The maximum absolute atomic E-state index is 14.7. The summed E-state index contributed by atoms with van der Waals surface area (Å²) >= 11 is 0. The largest absolute Gasteiger partial charge is 0.320 e. The number of benzene rings is 3. The first-order valence-corrected chi connectivity index (χ1v) is 13.3. The number of anilines is 1. The third kappa shape index (κ3) is 4.72. The summed E-state index contributed by atoms with van der Waals surface area (Å²) in [4.78, 5) is 40.3. The smallest absolute Gasteiger partial charge is 0.264 e. The second-order valence-electron chi connectivity index (χ2n) is 8.93. The molecule has 2 aliphatic rings. The van der Waals surface area contributed by atoms with Gasteiger partial charge in [-0.15, -0.1) is 0 Å². The molecule has 3 aromatic rings. The van der Waals surface area contributed by atoms with Gasteiger partial charge in [0.1, 0.15) is 18.9 Å². The first-order valence-electron chi connectivity index (χ1n) is 11.8. The van der Waals surface area contributed by atoms with Gasteiger partial charge >= 0.3 is 0 Å². The molecule has 190 valence electrons. The zero-order valence-electron chi connectivity index (χ0n) is 19.8. The van der Waals surface area contributed by atoms with E-state index in [0.29, 0.717) is 18.5 Å². The third-order valence-electron chi connectivity index (χ3n) is 6.61. The quantitative estimate of drug-likeness (QED) is 0.465. The van der Waals surface area contributed by atoms with Crippen LogP contribution >= 0.6 is 0 Å². The number of piperazine rings is 1. The highest BCUT2D eigenvalue weighted by Crippen LogP contribution is 2.33. The van der Waals surface area contributed by atoms with Crippen molar-refractivity contribution in [2.45, 2.75) is 17.7 Å². The fraction of sp³-hybridized carbons (Fsp3) is 0.222. The van der Waals surface area contributed by atoms with Crippen molar-refractivity contribution in [2.75, 3.05) is 30.5 Å². The average Bonchev–Trinajstić information content (AvgIpc) is 3.34. The number of carbonyl (C=O) groups is 3. The van der Waals surface area contributed by atoms with Crippen LogP contribution < -0.4 is 4.31 Å². The van der Waals surface area contributed by atoms with Crippen LogP contribution in [0.1, 0.15) is 21.5 Å². The van der Waals surface area contributed by atoms with Gasteiger partial charge in [0.15, 0.2) is 0 Å². The molecule has 3 amide bonds. The van der Waals surface area contributed by atoms with Crippen LogP contribution in [-0.4, -0.2) is 62.1 Å². The number of rotatable bonds is 6. The highest BCUT2D eigenvalue weighted by Gasteiger charge is 2.36. The van der Waals surface area contributed by atoms with E-state index in [1.54, 1.807) is 12.1 Å². The van der Waals surface area contributed by atoms with E-state index in [9.17, 15) is 27.2 Å². The molecule has 5 rings (SSSR count). The average molecular weight is 522 g/mol. The first-order chi connectivity index (χ1) is 17.8. The van der Waals surface area contributed by atoms with Gasteiger partial charge in [0.25, 0.3) is 15.9 Å². The number of hydrogen-bond donors (Lipinski definition) is 0. The van der Waals surface area contributed by atoms with Gasteiger partial charge in [0, 0.05) is 13.1 Å². The van der Waals surface area contributed by atoms with Crippen LogP contribution in [-0.2, 0) is 32.5 Å². The Hall–Kier alpha value is -4.05. The second kappa shape index (κ2) is 9.78.